The first kappa shape index (κ1) is 19.6. The number of halogens is 1. The lowest BCUT2D eigenvalue weighted by Crippen LogP contribution is -2.35. The van der Waals surface area contributed by atoms with E-state index in [9.17, 15) is 16.8 Å². The summed E-state index contributed by atoms with van der Waals surface area (Å²) in [5.74, 6) is 0.805. The van der Waals surface area contributed by atoms with Crippen molar-refractivity contribution >= 4 is 43.2 Å². The molecule has 0 radical (unpaired) electrons. The molecule has 1 saturated carbocycles. The first-order valence-electron chi connectivity index (χ1n) is 8.55. The summed E-state index contributed by atoms with van der Waals surface area (Å²) < 4.78 is 54.9. The molecule has 1 aromatic carbocycles. The number of nitrogens with zero attached hydrogens (tertiary/aromatic N) is 1. The highest BCUT2D eigenvalue weighted by atomic mass is 35.5. The maximum Gasteiger partial charge on any atom is 0.265 e. The Bertz CT molecular complexity index is 950. The van der Waals surface area contributed by atoms with Crippen molar-refractivity contribution in [3.05, 3.63) is 17.2 Å². The van der Waals surface area contributed by atoms with Crippen molar-refractivity contribution in [2.24, 2.45) is 10.9 Å². The van der Waals surface area contributed by atoms with Crippen LogP contribution in [0, 0.1) is 5.92 Å². The summed E-state index contributed by atoms with van der Waals surface area (Å²) in [4.78, 5) is 3.92. The van der Waals surface area contributed by atoms with Crippen molar-refractivity contribution in [2.45, 2.75) is 61.8 Å². The molecule has 2 N–H and O–H groups in total. The minimum atomic E-state index is -3.93. The Balaban J connectivity index is 2.02. The predicted octanol–water partition coefficient (Wildman–Crippen LogP) is 2.93. The van der Waals surface area contributed by atoms with Gasteiger partial charge in [0, 0.05) is 12.5 Å². The van der Waals surface area contributed by atoms with Gasteiger partial charge in [0.15, 0.2) is 0 Å². The predicted molar refractivity (Wildman–Crippen MR) is 101 cm³/mol. The summed E-state index contributed by atoms with van der Waals surface area (Å²) in [6, 6.07) is 2.03. The number of aliphatic imine (C=N–C) groups is 1. The molecule has 0 aromatic heterocycles. The first-order valence-corrected chi connectivity index (χ1v) is 11.9. The van der Waals surface area contributed by atoms with Crippen LogP contribution in [0.3, 0.4) is 0 Å². The number of amidine groups is 1. The number of fused-ring (bicyclic) bond motifs is 1. The van der Waals surface area contributed by atoms with Crippen LogP contribution in [0.15, 0.2) is 26.9 Å². The summed E-state index contributed by atoms with van der Waals surface area (Å²) >= 11 is 6.14. The molecule has 1 aliphatic carbocycles. The van der Waals surface area contributed by atoms with Crippen molar-refractivity contribution in [1.82, 2.24) is 9.44 Å². The molecular weight excluding hydrogens is 398 g/mol. The minimum Gasteiger partial charge on any atom is -0.267 e. The molecule has 144 valence electrons. The van der Waals surface area contributed by atoms with E-state index < -0.39 is 20.0 Å². The maximum atomic E-state index is 12.6. The lowest BCUT2D eigenvalue weighted by Gasteiger charge is -2.21. The van der Waals surface area contributed by atoms with Crippen LogP contribution in [-0.2, 0) is 20.0 Å². The van der Waals surface area contributed by atoms with Gasteiger partial charge in [0.2, 0.25) is 10.0 Å². The molecule has 0 atom stereocenters. The Morgan fingerprint density at radius 3 is 2.58 bits per heavy atom. The Kier molecular flexibility index (Phi) is 5.35. The van der Waals surface area contributed by atoms with Gasteiger partial charge < -0.3 is 0 Å². The van der Waals surface area contributed by atoms with E-state index >= 15 is 0 Å². The summed E-state index contributed by atoms with van der Waals surface area (Å²) in [6.45, 7) is 3.34. The quantitative estimate of drug-likeness (QED) is 0.765. The Labute approximate surface area is 159 Å². The third-order valence-corrected chi connectivity index (χ3v) is 7.98. The van der Waals surface area contributed by atoms with Crippen LogP contribution >= 0.6 is 11.6 Å². The second-order valence-corrected chi connectivity index (χ2v) is 10.8. The third kappa shape index (κ3) is 4.05. The Morgan fingerprint density at radius 1 is 1.31 bits per heavy atom. The second-order valence-electron chi connectivity index (χ2n) is 7.04. The van der Waals surface area contributed by atoms with Crippen LogP contribution in [-0.4, -0.2) is 28.7 Å². The third-order valence-electron chi connectivity index (χ3n) is 4.45. The maximum absolute atomic E-state index is 12.6. The summed E-state index contributed by atoms with van der Waals surface area (Å²) in [7, 11) is -7.82. The molecule has 0 saturated heterocycles. The molecule has 0 amide bonds. The topological polar surface area (TPSA) is 105 Å². The largest absolute Gasteiger partial charge is 0.267 e. The molecular formula is C16H22ClN3O4S2. The number of rotatable bonds is 5. The molecule has 1 fully saturated rings. The van der Waals surface area contributed by atoms with Gasteiger partial charge in [0.25, 0.3) is 10.0 Å². The van der Waals surface area contributed by atoms with E-state index in [-0.39, 0.29) is 26.5 Å². The number of hydrogen-bond donors (Lipinski definition) is 2. The lowest BCUT2D eigenvalue weighted by atomic mass is 10.0. The average molecular weight is 420 g/mol. The van der Waals surface area contributed by atoms with Crippen molar-refractivity contribution in [3.63, 3.8) is 0 Å². The molecule has 2 aliphatic rings. The van der Waals surface area contributed by atoms with Crippen LogP contribution in [0.25, 0.3) is 0 Å². The zero-order valence-corrected chi connectivity index (χ0v) is 17.0. The fourth-order valence-corrected chi connectivity index (χ4v) is 6.44. The molecule has 0 unspecified atom stereocenters. The normalized spacial score (nSPS) is 19.9. The highest BCUT2D eigenvalue weighted by Gasteiger charge is 2.31. The average Bonchev–Trinajstić information content (AvgIpc) is 2.96. The Morgan fingerprint density at radius 2 is 1.96 bits per heavy atom. The van der Waals surface area contributed by atoms with Gasteiger partial charge in [-0.05, 0) is 31.9 Å². The van der Waals surface area contributed by atoms with Crippen molar-refractivity contribution in [1.29, 1.82) is 0 Å². The van der Waals surface area contributed by atoms with E-state index in [0.717, 1.165) is 31.7 Å². The molecule has 10 heteroatoms. The molecule has 7 nitrogen and oxygen atoms in total. The number of nitrogens with one attached hydrogen (secondary N) is 2. The highest BCUT2D eigenvalue weighted by molar-refractivity contribution is 7.91. The van der Waals surface area contributed by atoms with E-state index in [1.165, 1.54) is 6.07 Å². The van der Waals surface area contributed by atoms with Crippen molar-refractivity contribution in [2.75, 3.05) is 0 Å². The molecule has 1 aromatic rings. The highest BCUT2D eigenvalue weighted by Crippen LogP contribution is 2.36. The first-order chi connectivity index (χ1) is 12.1. The van der Waals surface area contributed by atoms with E-state index in [2.05, 4.69) is 14.4 Å². The van der Waals surface area contributed by atoms with Crippen LogP contribution in [0.4, 0.5) is 5.69 Å². The Hall–Kier alpha value is -1.16. The number of sulfonamides is 2. The smallest absolute Gasteiger partial charge is 0.265 e. The van der Waals surface area contributed by atoms with Crippen LogP contribution in [0.2, 0.25) is 5.02 Å². The molecule has 1 aliphatic heterocycles. The van der Waals surface area contributed by atoms with E-state index in [0.29, 0.717) is 18.2 Å². The van der Waals surface area contributed by atoms with Gasteiger partial charge in [-0.3, -0.25) is 4.72 Å². The lowest BCUT2D eigenvalue weighted by molar-refractivity contribution is 0.563. The second kappa shape index (κ2) is 7.10. The molecule has 1 heterocycles. The summed E-state index contributed by atoms with van der Waals surface area (Å²) in [5, 5.41) is -0.0574. The summed E-state index contributed by atoms with van der Waals surface area (Å²) in [6.07, 6.45) is 4.98. The molecule has 0 bridgehead atoms. The fraction of sp³-hybridized carbons (Fsp3) is 0.562. The van der Waals surface area contributed by atoms with Crippen LogP contribution in [0.5, 0.6) is 0 Å². The van der Waals surface area contributed by atoms with E-state index in [1.54, 1.807) is 13.8 Å². The minimum absolute atomic E-state index is 0.0574. The van der Waals surface area contributed by atoms with Gasteiger partial charge in [-0.25, -0.2) is 26.6 Å². The zero-order valence-electron chi connectivity index (χ0n) is 14.6. The van der Waals surface area contributed by atoms with Gasteiger partial charge >= 0.3 is 0 Å². The number of hydrogen-bond acceptors (Lipinski definition) is 5. The zero-order chi connectivity index (χ0) is 19.1. The van der Waals surface area contributed by atoms with E-state index in [4.69, 9.17) is 11.6 Å². The van der Waals surface area contributed by atoms with Gasteiger partial charge in [-0.15, -0.1) is 0 Å². The number of benzene rings is 1. The molecule has 3 rings (SSSR count). The molecule has 0 spiro atoms. The van der Waals surface area contributed by atoms with Crippen molar-refractivity contribution in [3.8, 4) is 0 Å². The van der Waals surface area contributed by atoms with Crippen LogP contribution in [0.1, 0.15) is 46.0 Å². The standard InChI is InChI=1S/C16H22ClN3O4S2/c1-10(2)19-25(21,22)14-9-15-13(8-12(14)17)18-16(20-26(15,23)24)7-11-5-3-4-6-11/h8-11,19H,3-7H2,1-2H3,(H,18,20). The summed E-state index contributed by atoms with van der Waals surface area (Å²) in [5.41, 5.74) is 0.172. The van der Waals surface area contributed by atoms with E-state index in [1.807, 2.05) is 0 Å². The van der Waals surface area contributed by atoms with Crippen LogP contribution < -0.4 is 9.44 Å². The monoisotopic (exact) mass is 419 g/mol. The van der Waals surface area contributed by atoms with Gasteiger partial charge in [-0.2, -0.15) is 0 Å². The van der Waals surface area contributed by atoms with Gasteiger partial charge in [-0.1, -0.05) is 37.3 Å². The van der Waals surface area contributed by atoms with Crippen molar-refractivity contribution < 1.29 is 16.8 Å². The fourth-order valence-electron chi connectivity index (χ4n) is 3.36. The SMILES string of the molecule is CC(C)NS(=O)(=O)c1cc2c(cc1Cl)N=C(CC1CCCC1)NS2(=O)=O. The van der Waals surface area contributed by atoms with Gasteiger partial charge in [0.1, 0.15) is 15.6 Å². The van der Waals surface area contributed by atoms with Gasteiger partial charge in [0.05, 0.1) is 10.7 Å². The molecule has 26 heavy (non-hydrogen) atoms.